The molecule has 2 aromatic carbocycles. The van der Waals surface area contributed by atoms with E-state index in [-0.39, 0.29) is 18.0 Å². The summed E-state index contributed by atoms with van der Waals surface area (Å²) in [6.45, 7) is -0.210. The highest BCUT2D eigenvalue weighted by Crippen LogP contribution is 2.07. The lowest BCUT2D eigenvalue weighted by Crippen LogP contribution is -2.40. The number of H-pyrrole nitrogens is 1. The average Bonchev–Trinajstić information content (AvgIpc) is 2.62. The minimum atomic E-state index is -0.521. The zero-order valence-corrected chi connectivity index (χ0v) is 12.9. The first-order chi connectivity index (χ1) is 11.7. The van der Waals surface area contributed by atoms with Gasteiger partial charge in [0.1, 0.15) is 0 Å². The minimum Gasteiger partial charge on any atom is -0.394 e. The molecule has 1 amide bonds. The second-order valence-corrected chi connectivity index (χ2v) is 5.47. The van der Waals surface area contributed by atoms with Gasteiger partial charge < -0.3 is 15.4 Å². The predicted molar refractivity (Wildman–Crippen MR) is 90.8 cm³/mol. The highest BCUT2D eigenvalue weighted by atomic mass is 16.3. The number of aromatic amines is 1. The summed E-state index contributed by atoms with van der Waals surface area (Å²) in [4.78, 5) is 31.0. The van der Waals surface area contributed by atoms with Crippen molar-refractivity contribution in [1.82, 2.24) is 15.3 Å². The molecule has 0 radical (unpaired) electrons. The van der Waals surface area contributed by atoms with Crippen molar-refractivity contribution < 1.29 is 9.90 Å². The van der Waals surface area contributed by atoms with Gasteiger partial charge in [0.05, 0.1) is 23.6 Å². The lowest BCUT2D eigenvalue weighted by atomic mass is 10.1. The highest BCUT2D eigenvalue weighted by molar-refractivity contribution is 5.92. The number of amides is 1. The van der Waals surface area contributed by atoms with Crippen LogP contribution in [0.1, 0.15) is 16.2 Å². The Morgan fingerprint density at radius 3 is 2.58 bits per heavy atom. The SMILES string of the molecule is O=C(NC(CO)Cc1ccccc1)c1nc2ccccc2c(=O)[nH]1. The number of rotatable bonds is 5. The highest BCUT2D eigenvalue weighted by Gasteiger charge is 2.16. The molecule has 1 unspecified atom stereocenters. The molecule has 0 fully saturated rings. The van der Waals surface area contributed by atoms with Crippen LogP contribution in [-0.4, -0.2) is 33.6 Å². The van der Waals surface area contributed by atoms with E-state index in [0.29, 0.717) is 17.3 Å². The van der Waals surface area contributed by atoms with E-state index in [1.54, 1.807) is 24.3 Å². The van der Waals surface area contributed by atoms with Gasteiger partial charge in [-0.05, 0) is 24.1 Å². The monoisotopic (exact) mass is 323 g/mol. The summed E-state index contributed by atoms with van der Waals surface area (Å²) in [5.41, 5.74) is 1.08. The third-order valence-corrected chi connectivity index (χ3v) is 3.71. The third-order valence-electron chi connectivity index (χ3n) is 3.71. The van der Waals surface area contributed by atoms with Crippen molar-refractivity contribution in [3.63, 3.8) is 0 Å². The van der Waals surface area contributed by atoms with E-state index < -0.39 is 11.9 Å². The lowest BCUT2D eigenvalue weighted by Gasteiger charge is -2.16. The van der Waals surface area contributed by atoms with Crippen molar-refractivity contribution in [3.05, 3.63) is 76.3 Å². The predicted octanol–water partition coefficient (Wildman–Crippen LogP) is 1.26. The van der Waals surface area contributed by atoms with Crippen LogP contribution in [0.4, 0.5) is 0 Å². The van der Waals surface area contributed by atoms with Gasteiger partial charge in [-0.1, -0.05) is 42.5 Å². The summed E-state index contributed by atoms with van der Waals surface area (Å²) in [7, 11) is 0. The van der Waals surface area contributed by atoms with Crippen LogP contribution in [0.3, 0.4) is 0 Å². The van der Waals surface area contributed by atoms with Gasteiger partial charge in [-0.25, -0.2) is 4.98 Å². The molecular formula is C18H17N3O3. The molecule has 1 atom stereocenters. The first-order valence-electron chi connectivity index (χ1n) is 7.62. The molecule has 0 bridgehead atoms. The minimum absolute atomic E-state index is 0.0646. The van der Waals surface area contributed by atoms with Crippen LogP contribution in [0, 0.1) is 0 Å². The van der Waals surface area contributed by atoms with Crippen LogP contribution in [0.25, 0.3) is 10.9 Å². The summed E-state index contributed by atoms with van der Waals surface area (Å²) in [6.07, 6.45) is 0.487. The van der Waals surface area contributed by atoms with Crippen LogP contribution in [0.2, 0.25) is 0 Å². The van der Waals surface area contributed by atoms with Gasteiger partial charge in [0, 0.05) is 0 Å². The van der Waals surface area contributed by atoms with Gasteiger partial charge >= 0.3 is 0 Å². The van der Waals surface area contributed by atoms with Crippen molar-refractivity contribution in [3.8, 4) is 0 Å². The maximum absolute atomic E-state index is 12.3. The Morgan fingerprint density at radius 1 is 1.12 bits per heavy atom. The molecule has 0 saturated carbocycles. The molecule has 3 rings (SSSR count). The van der Waals surface area contributed by atoms with Crippen molar-refractivity contribution in [2.75, 3.05) is 6.61 Å². The van der Waals surface area contributed by atoms with Crippen molar-refractivity contribution >= 4 is 16.8 Å². The van der Waals surface area contributed by atoms with Gasteiger partial charge in [-0.3, -0.25) is 9.59 Å². The molecule has 122 valence electrons. The molecule has 1 heterocycles. The molecule has 0 aliphatic carbocycles. The molecular weight excluding hydrogens is 306 g/mol. The van der Waals surface area contributed by atoms with Gasteiger partial charge in [-0.15, -0.1) is 0 Å². The molecule has 6 nitrogen and oxygen atoms in total. The number of para-hydroxylation sites is 1. The number of aliphatic hydroxyl groups is 1. The molecule has 0 aliphatic rings. The molecule has 0 aliphatic heterocycles. The van der Waals surface area contributed by atoms with E-state index in [1.807, 2.05) is 30.3 Å². The topological polar surface area (TPSA) is 95.1 Å². The number of nitrogens with one attached hydrogen (secondary N) is 2. The summed E-state index contributed by atoms with van der Waals surface area (Å²) < 4.78 is 0. The number of carbonyl (C=O) groups excluding carboxylic acids is 1. The Labute approximate surface area is 138 Å². The molecule has 0 spiro atoms. The summed E-state index contributed by atoms with van der Waals surface area (Å²) >= 11 is 0. The largest absolute Gasteiger partial charge is 0.394 e. The lowest BCUT2D eigenvalue weighted by molar-refractivity contribution is 0.0906. The molecule has 24 heavy (non-hydrogen) atoms. The fourth-order valence-electron chi connectivity index (χ4n) is 2.51. The number of hydrogen-bond acceptors (Lipinski definition) is 4. The maximum atomic E-state index is 12.3. The first-order valence-corrected chi connectivity index (χ1v) is 7.62. The number of benzene rings is 2. The van der Waals surface area contributed by atoms with E-state index in [0.717, 1.165) is 5.56 Å². The van der Waals surface area contributed by atoms with Crippen molar-refractivity contribution in [1.29, 1.82) is 0 Å². The quantitative estimate of drug-likeness (QED) is 0.659. The Bertz CT molecular complexity index is 906. The van der Waals surface area contributed by atoms with Crippen LogP contribution in [0.15, 0.2) is 59.4 Å². The number of carbonyl (C=O) groups is 1. The normalized spacial score (nSPS) is 12.0. The number of hydrogen-bond donors (Lipinski definition) is 3. The fourth-order valence-corrected chi connectivity index (χ4v) is 2.51. The van der Waals surface area contributed by atoms with Gasteiger partial charge in [0.15, 0.2) is 5.82 Å². The number of fused-ring (bicyclic) bond motifs is 1. The van der Waals surface area contributed by atoms with E-state index in [4.69, 9.17) is 0 Å². The molecule has 3 aromatic rings. The summed E-state index contributed by atoms with van der Waals surface area (Å²) in [5.74, 6) is -0.585. The maximum Gasteiger partial charge on any atom is 0.287 e. The van der Waals surface area contributed by atoms with Gasteiger partial charge in [-0.2, -0.15) is 0 Å². The number of nitrogens with zero attached hydrogens (tertiary/aromatic N) is 1. The van der Waals surface area contributed by atoms with Crippen LogP contribution in [0.5, 0.6) is 0 Å². The smallest absolute Gasteiger partial charge is 0.287 e. The van der Waals surface area contributed by atoms with Crippen LogP contribution >= 0.6 is 0 Å². The fraction of sp³-hybridized carbons (Fsp3) is 0.167. The van der Waals surface area contributed by atoms with E-state index in [9.17, 15) is 14.7 Å². The number of aromatic nitrogens is 2. The Kier molecular flexibility index (Phi) is 4.67. The van der Waals surface area contributed by atoms with Crippen LogP contribution < -0.4 is 10.9 Å². The van der Waals surface area contributed by atoms with Crippen molar-refractivity contribution in [2.24, 2.45) is 0 Å². The average molecular weight is 323 g/mol. The van der Waals surface area contributed by atoms with E-state index in [2.05, 4.69) is 15.3 Å². The number of aliphatic hydroxyl groups excluding tert-OH is 1. The molecule has 1 aromatic heterocycles. The van der Waals surface area contributed by atoms with Crippen LogP contribution in [-0.2, 0) is 6.42 Å². The zero-order chi connectivity index (χ0) is 16.9. The molecule has 6 heteroatoms. The summed E-state index contributed by atoms with van der Waals surface area (Å²) in [5, 5.41) is 12.6. The van der Waals surface area contributed by atoms with Crippen molar-refractivity contribution in [2.45, 2.75) is 12.5 Å². The Morgan fingerprint density at radius 2 is 1.83 bits per heavy atom. The first kappa shape index (κ1) is 15.9. The molecule has 0 saturated heterocycles. The third kappa shape index (κ3) is 3.49. The summed E-state index contributed by atoms with van der Waals surface area (Å²) in [6, 6.07) is 15.9. The van der Waals surface area contributed by atoms with Gasteiger partial charge in [0.2, 0.25) is 0 Å². The van der Waals surface area contributed by atoms with E-state index >= 15 is 0 Å². The Balaban J connectivity index is 1.79. The molecule has 3 N–H and O–H groups in total. The standard InChI is InChI=1S/C18H17N3O3/c22-11-13(10-12-6-2-1-3-7-12)19-18(24)16-20-15-9-5-4-8-14(15)17(23)21-16/h1-9,13,22H,10-11H2,(H,19,24)(H,20,21,23). The Hall–Kier alpha value is -2.99. The second-order valence-electron chi connectivity index (χ2n) is 5.47. The van der Waals surface area contributed by atoms with E-state index in [1.165, 1.54) is 0 Å². The second kappa shape index (κ2) is 7.06. The van der Waals surface area contributed by atoms with Gasteiger partial charge in [0.25, 0.3) is 11.5 Å². The zero-order valence-electron chi connectivity index (χ0n) is 12.9.